The van der Waals surface area contributed by atoms with Crippen molar-refractivity contribution in [3.05, 3.63) is 71.9 Å². The Labute approximate surface area is 114 Å². The van der Waals surface area contributed by atoms with Gasteiger partial charge in [0.15, 0.2) is 0 Å². The monoisotopic (exact) mass is 248 g/mol. The zero-order chi connectivity index (χ0) is 13.1. The maximum Gasteiger partial charge on any atom is 0.0488 e. The van der Waals surface area contributed by atoms with Crippen molar-refractivity contribution in [2.24, 2.45) is 0 Å². The molecule has 0 bridgehead atoms. The van der Waals surface area contributed by atoms with E-state index in [2.05, 4.69) is 72.2 Å². The average molecular weight is 248 g/mol. The summed E-state index contributed by atoms with van der Waals surface area (Å²) in [6, 6.07) is 22.7. The molecule has 1 aromatic heterocycles. The highest BCUT2D eigenvalue weighted by molar-refractivity contribution is 5.80. The van der Waals surface area contributed by atoms with Crippen molar-refractivity contribution in [1.82, 2.24) is 4.57 Å². The van der Waals surface area contributed by atoms with Crippen molar-refractivity contribution in [3.63, 3.8) is 0 Å². The quantitative estimate of drug-likeness (QED) is 0.650. The zero-order valence-electron chi connectivity index (χ0n) is 11.3. The van der Waals surface area contributed by atoms with Gasteiger partial charge in [-0.05, 0) is 31.4 Å². The summed E-state index contributed by atoms with van der Waals surface area (Å²) < 4.78 is 2.37. The number of nitrogens with zero attached hydrogens (tertiary/aromatic N) is 1. The van der Waals surface area contributed by atoms with Gasteiger partial charge >= 0.3 is 0 Å². The van der Waals surface area contributed by atoms with E-state index >= 15 is 0 Å². The average Bonchev–Trinajstić information content (AvgIpc) is 2.83. The van der Waals surface area contributed by atoms with Gasteiger partial charge in [0.2, 0.25) is 0 Å². The first-order valence-corrected chi connectivity index (χ1v) is 6.92. The molecule has 1 heteroatoms. The van der Waals surface area contributed by atoms with Crippen LogP contribution in [0.15, 0.2) is 54.6 Å². The summed E-state index contributed by atoms with van der Waals surface area (Å²) >= 11 is 0. The first kappa shape index (κ1) is 12.0. The number of benzene rings is 2. The Kier molecular flexibility index (Phi) is 3.37. The van der Waals surface area contributed by atoms with Crippen LogP contribution in [0.5, 0.6) is 0 Å². The molecule has 1 nitrogen and oxygen atoms in total. The molecule has 0 atom stereocenters. The molecule has 19 heavy (non-hydrogen) atoms. The summed E-state index contributed by atoms with van der Waals surface area (Å²) in [7, 11) is 0. The fraction of sp³-hybridized carbons (Fsp3) is 0.222. The van der Waals surface area contributed by atoms with Gasteiger partial charge in [-0.15, -0.1) is 0 Å². The van der Waals surface area contributed by atoms with Crippen LogP contribution in [-0.2, 0) is 19.4 Å². The van der Waals surface area contributed by atoms with Gasteiger partial charge in [-0.1, -0.05) is 48.5 Å². The van der Waals surface area contributed by atoms with E-state index in [1.165, 1.54) is 22.2 Å². The molecule has 0 aliphatic carbocycles. The molecular weight excluding hydrogens is 230 g/mol. The van der Waals surface area contributed by atoms with Crippen LogP contribution < -0.4 is 0 Å². The fourth-order valence-electron chi connectivity index (χ4n) is 2.65. The normalized spacial score (nSPS) is 11.0. The van der Waals surface area contributed by atoms with Gasteiger partial charge in [0.25, 0.3) is 0 Å². The maximum absolute atomic E-state index is 3.55. The third-order valence-corrected chi connectivity index (χ3v) is 3.61. The molecule has 1 radical (unpaired) electrons. The molecular formula is C18H18N. The fourth-order valence-corrected chi connectivity index (χ4v) is 2.65. The molecule has 2 aromatic carbocycles. The lowest BCUT2D eigenvalue weighted by molar-refractivity contribution is 0.727. The van der Waals surface area contributed by atoms with E-state index in [0.717, 1.165) is 19.4 Å². The second-order valence-electron chi connectivity index (χ2n) is 4.82. The lowest BCUT2D eigenvalue weighted by Gasteiger charge is -2.07. The second kappa shape index (κ2) is 5.31. The molecule has 0 fully saturated rings. The molecule has 0 N–H and O–H groups in total. The SMILES string of the molecule is CCn1c(CCc2ccccc2)[c]c2ccccc21. The van der Waals surface area contributed by atoms with E-state index in [1.54, 1.807) is 0 Å². The van der Waals surface area contributed by atoms with Crippen LogP contribution in [0.4, 0.5) is 0 Å². The summed E-state index contributed by atoms with van der Waals surface area (Å²) in [6.45, 7) is 3.21. The molecule has 0 amide bonds. The standard InChI is InChI=1S/C18H18N/c1-2-19-17(13-12-15-8-4-3-5-9-15)14-16-10-6-7-11-18(16)19/h3-11H,2,12-13H2,1H3. The molecule has 1 heterocycles. The molecule has 0 unspecified atom stereocenters. The maximum atomic E-state index is 3.55. The Morgan fingerprint density at radius 1 is 0.895 bits per heavy atom. The van der Waals surface area contributed by atoms with Crippen molar-refractivity contribution in [2.45, 2.75) is 26.3 Å². The minimum atomic E-state index is 1.01. The highest BCUT2D eigenvalue weighted by Crippen LogP contribution is 2.20. The van der Waals surface area contributed by atoms with Gasteiger partial charge in [-0.2, -0.15) is 0 Å². The Morgan fingerprint density at radius 3 is 2.42 bits per heavy atom. The predicted octanol–water partition coefficient (Wildman–Crippen LogP) is 4.25. The van der Waals surface area contributed by atoms with Crippen LogP contribution in [0.2, 0.25) is 0 Å². The highest BCUT2D eigenvalue weighted by atomic mass is 15.0. The van der Waals surface area contributed by atoms with Crippen molar-refractivity contribution in [3.8, 4) is 0 Å². The number of para-hydroxylation sites is 1. The van der Waals surface area contributed by atoms with E-state index in [1.807, 2.05) is 0 Å². The van der Waals surface area contributed by atoms with Crippen LogP contribution in [0.25, 0.3) is 10.9 Å². The second-order valence-corrected chi connectivity index (χ2v) is 4.82. The summed E-state index contributed by atoms with van der Waals surface area (Å²) in [4.78, 5) is 0. The van der Waals surface area contributed by atoms with E-state index in [4.69, 9.17) is 0 Å². The smallest absolute Gasteiger partial charge is 0.0488 e. The Hall–Kier alpha value is -2.02. The van der Waals surface area contributed by atoms with Crippen LogP contribution >= 0.6 is 0 Å². The topological polar surface area (TPSA) is 4.93 Å². The summed E-state index contributed by atoms with van der Waals surface area (Å²) in [5, 5.41) is 1.23. The van der Waals surface area contributed by atoms with Crippen LogP contribution in [-0.4, -0.2) is 4.57 Å². The number of fused-ring (bicyclic) bond motifs is 1. The van der Waals surface area contributed by atoms with Gasteiger partial charge in [0.1, 0.15) is 0 Å². The third-order valence-electron chi connectivity index (χ3n) is 3.61. The summed E-state index contributed by atoms with van der Waals surface area (Å²) in [5.41, 5.74) is 4.00. The minimum Gasteiger partial charge on any atom is -0.344 e. The molecule has 0 aliphatic rings. The van der Waals surface area contributed by atoms with Crippen LogP contribution in [0.3, 0.4) is 0 Å². The lowest BCUT2D eigenvalue weighted by atomic mass is 10.1. The lowest BCUT2D eigenvalue weighted by Crippen LogP contribution is -2.02. The van der Waals surface area contributed by atoms with Crippen LogP contribution in [0.1, 0.15) is 18.2 Å². The van der Waals surface area contributed by atoms with Crippen molar-refractivity contribution < 1.29 is 0 Å². The first-order valence-electron chi connectivity index (χ1n) is 6.92. The highest BCUT2D eigenvalue weighted by Gasteiger charge is 2.07. The zero-order valence-corrected chi connectivity index (χ0v) is 11.3. The number of aromatic nitrogens is 1. The third kappa shape index (κ3) is 2.41. The number of hydrogen-bond acceptors (Lipinski definition) is 0. The van der Waals surface area contributed by atoms with E-state index < -0.39 is 0 Å². The molecule has 0 saturated carbocycles. The largest absolute Gasteiger partial charge is 0.344 e. The van der Waals surface area contributed by atoms with Gasteiger partial charge in [-0.25, -0.2) is 0 Å². The summed E-state index contributed by atoms with van der Waals surface area (Å²) in [5.74, 6) is 0. The molecule has 95 valence electrons. The summed E-state index contributed by atoms with van der Waals surface area (Å²) in [6.07, 6.45) is 2.13. The van der Waals surface area contributed by atoms with E-state index in [0.29, 0.717) is 0 Å². The molecule has 0 aliphatic heterocycles. The minimum absolute atomic E-state index is 1.01. The molecule has 0 saturated heterocycles. The molecule has 3 aromatic rings. The van der Waals surface area contributed by atoms with E-state index in [9.17, 15) is 0 Å². The predicted molar refractivity (Wildman–Crippen MR) is 80.3 cm³/mol. The van der Waals surface area contributed by atoms with Crippen molar-refractivity contribution in [2.75, 3.05) is 0 Å². The Morgan fingerprint density at radius 2 is 1.63 bits per heavy atom. The Balaban J connectivity index is 1.88. The van der Waals surface area contributed by atoms with E-state index in [-0.39, 0.29) is 0 Å². The number of hydrogen-bond donors (Lipinski definition) is 0. The first-order chi connectivity index (χ1) is 9.38. The van der Waals surface area contributed by atoms with Gasteiger partial charge < -0.3 is 4.57 Å². The number of rotatable bonds is 4. The van der Waals surface area contributed by atoms with Crippen LogP contribution in [0, 0.1) is 6.07 Å². The van der Waals surface area contributed by atoms with Crippen molar-refractivity contribution in [1.29, 1.82) is 0 Å². The van der Waals surface area contributed by atoms with Gasteiger partial charge in [-0.3, -0.25) is 0 Å². The molecule has 0 spiro atoms. The van der Waals surface area contributed by atoms with Crippen molar-refractivity contribution >= 4 is 10.9 Å². The molecule has 3 rings (SSSR count). The van der Waals surface area contributed by atoms with Gasteiger partial charge in [0, 0.05) is 29.2 Å². The van der Waals surface area contributed by atoms with Gasteiger partial charge in [0.05, 0.1) is 0 Å². The number of aryl methyl sites for hydroxylation is 3. The Bertz CT molecular complexity index is 664.